The largest absolute Gasteiger partial charge is 0.506 e. The summed E-state index contributed by atoms with van der Waals surface area (Å²) in [5.74, 6) is 0.889. The van der Waals surface area contributed by atoms with Crippen LogP contribution in [0.15, 0.2) is 43.0 Å². The molecule has 1 aromatic heterocycles. The maximum atomic E-state index is 12.1. The van der Waals surface area contributed by atoms with E-state index in [-0.39, 0.29) is 17.8 Å². The molecule has 9 nitrogen and oxygen atoms in total. The van der Waals surface area contributed by atoms with Crippen molar-refractivity contribution in [2.24, 2.45) is 0 Å². The van der Waals surface area contributed by atoms with Crippen molar-refractivity contribution in [3.63, 3.8) is 0 Å². The van der Waals surface area contributed by atoms with Crippen molar-refractivity contribution in [2.45, 2.75) is 26.0 Å². The number of hydrogen-bond donors (Lipinski definition) is 1. The number of phenolic OH excluding ortho intramolecular Hbond substituents is 1. The molecule has 39 heavy (non-hydrogen) atoms. The molecule has 0 spiro atoms. The fourth-order valence-corrected chi connectivity index (χ4v) is 6.09. The maximum Gasteiger partial charge on any atom is 0.318 e. The Kier molecular flexibility index (Phi) is 8.34. The van der Waals surface area contributed by atoms with Gasteiger partial charge in [0.25, 0.3) is 0 Å². The molecule has 2 aliphatic heterocycles. The number of aromatic hydroxyl groups is 1. The van der Waals surface area contributed by atoms with Gasteiger partial charge in [-0.3, -0.25) is 4.79 Å². The Morgan fingerprint density at radius 1 is 1.21 bits per heavy atom. The fraction of sp³-hybridized carbons (Fsp3) is 0.393. The Morgan fingerprint density at radius 3 is 2.62 bits per heavy atom. The van der Waals surface area contributed by atoms with Gasteiger partial charge in [0.05, 0.1) is 17.3 Å². The van der Waals surface area contributed by atoms with E-state index in [0.29, 0.717) is 43.8 Å². The summed E-state index contributed by atoms with van der Waals surface area (Å²) in [6, 6.07) is 9.94. The molecule has 0 bridgehead atoms. The van der Waals surface area contributed by atoms with E-state index in [1.165, 1.54) is 6.08 Å². The number of aromatic nitrogens is 2. The van der Waals surface area contributed by atoms with Crippen LogP contribution >= 0.6 is 34.5 Å². The molecule has 0 unspecified atom stereocenters. The molecule has 3 heterocycles. The van der Waals surface area contributed by atoms with Crippen LogP contribution in [-0.2, 0) is 17.8 Å². The molecule has 0 radical (unpaired) electrons. The highest BCUT2D eigenvalue weighted by atomic mass is 127. The van der Waals surface area contributed by atoms with Crippen LogP contribution in [0.2, 0.25) is 5.02 Å². The quantitative estimate of drug-likeness (QED) is 0.226. The van der Waals surface area contributed by atoms with Crippen LogP contribution in [0.1, 0.15) is 18.2 Å². The van der Waals surface area contributed by atoms with Crippen molar-refractivity contribution in [1.29, 1.82) is 0 Å². The number of ether oxygens (including phenoxy) is 1. The van der Waals surface area contributed by atoms with Crippen molar-refractivity contribution >= 4 is 62.7 Å². The molecule has 11 heteroatoms. The first-order valence-corrected chi connectivity index (χ1v) is 14.3. The molecule has 5 rings (SSSR count). The van der Waals surface area contributed by atoms with Crippen LogP contribution in [0.5, 0.6) is 11.8 Å². The number of anilines is 2. The molecule has 2 aliphatic rings. The average Bonchev–Trinajstić information content (AvgIpc) is 2.93. The summed E-state index contributed by atoms with van der Waals surface area (Å²) in [4.78, 5) is 28.2. The summed E-state index contributed by atoms with van der Waals surface area (Å²) in [5.41, 5.74) is 2.92. The molecule has 1 atom stereocenters. The SMILES string of the molecule is C=CC(=O)N1CCN(c2nc(O[C@H](C)CN(C)I)nc3c2CCN(c2cc(O)c(Cl)c4ccccc24)C3)CC1. The molecule has 2 aromatic carbocycles. The summed E-state index contributed by atoms with van der Waals surface area (Å²) in [6.45, 7) is 10.2. The zero-order chi connectivity index (χ0) is 27.7. The number of carbonyl (C=O) groups is 1. The van der Waals surface area contributed by atoms with Crippen LogP contribution < -0.4 is 14.5 Å². The van der Waals surface area contributed by atoms with Gasteiger partial charge in [-0.25, -0.2) is 3.11 Å². The van der Waals surface area contributed by atoms with Gasteiger partial charge in [-0.15, -0.1) is 0 Å². The molecular formula is C28H32ClIN6O3. The highest BCUT2D eigenvalue weighted by Gasteiger charge is 2.29. The molecule has 1 N–H and O–H groups in total. The van der Waals surface area contributed by atoms with Gasteiger partial charge in [0.15, 0.2) is 0 Å². The van der Waals surface area contributed by atoms with Crippen molar-refractivity contribution in [3.05, 3.63) is 59.3 Å². The molecule has 0 aliphatic carbocycles. The highest BCUT2D eigenvalue weighted by molar-refractivity contribution is 14.1. The minimum Gasteiger partial charge on any atom is -0.506 e. The van der Waals surface area contributed by atoms with Crippen molar-refractivity contribution < 1.29 is 14.6 Å². The van der Waals surface area contributed by atoms with Crippen LogP contribution in [0, 0.1) is 0 Å². The molecule has 1 saturated heterocycles. The zero-order valence-electron chi connectivity index (χ0n) is 22.1. The van der Waals surface area contributed by atoms with Gasteiger partial charge in [0, 0.05) is 90.2 Å². The van der Waals surface area contributed by atoms with E-state index in [1.54, 1.807) is 6.07 Å². The monoisotopic (exact) mass is 662 g/mol. The van der Waals surface area contributed by atoms with Crippen LogP contribution in [-0.4, -0.2) is 81.4 Å². The Morgan fingerprint density at radius 2 is 1.92 bits per heavy atom. The number of hydrogen-bond acceptors (Lipinski definition) is 8. The molecule has 206 valence electrons. The lowest BCUT2D eigenvalue weighted by Crippen LogP contribution is -2.49. The number of rotatable bonds is 7. The Bertz CT molecular complexity index is 1400. The third-order valence-corrected chi connectivity index (χ3v) is 7.97. The van der Waals surface area contributed by atoms with E-state index >= 15 is 0 Å². The minimum absolute atomic E-state index is 0.0470. The summed E-state index contributed by atoms with van der Waals surface area (Å²) in [7, 11) is 1.99. The predicted octanol–water partition coefficient (Wildman–Crippen LogP) is 4.44. The van der Waals surface area contributed by atoms with E-state index < -0.39 is 0 Å². The number of nitrogens with zero attached hydrogens (tertiary/aromatic N) is 6. The highest BCUT2D eigenvalue weighted by Crippen LogP contribution is 2.41. The number of likely N-dealkylation sites (N-methyl/N-ethyl adjacent to an activating group) is 1. The van der Waals surface area contributed by atoms with Gasteiger partial charge < -0.3 is 24.5 Å². The fourth-order valence-electron chi connectivity index (χ4n) is 5.32. The number of amides is 1. The number of phenols is 1. The first kappa shape index (κ1) is 27.7. The first-order chi connectivity index (χ1) is 18.7. The number of carbonyl (C=O) groups excluding carboxylic acids is 1. The van der Waals surface area contributed by atoms with Gasteiger partial charge in [-0.2, -0.15) is 9.97 Å². The summed E-state index contributed by atoms with van der Waals surface area (Å²) in [6.07, 6.45) is 2.00. The summed E-state index contributed by atoms with van der Waals surface area (Å²) in [5, 5.41) is 12.7. The Hall–Kier alpha value is -2.83. The van der Waals surface area contributed by atoms with Crippen molar-refractivity contribution in [1.82, 2.24) is 18.0 Å². The second kappa shape index (κ2) is 11.7. The van der Waals surface area contributed by atoms with Crippen LogP contribution in [0.25, 0.3) is 10.8 Å². The molecule has 0 saturated carbocycles. The van der Waals surface area contributed by atoms with Gasteiger partial charge >= 0.3 is 6.01 Å². The van der Waals surface area contributed by atoms with Crippen LogP contribution in [0.3, 0.4) is 0 Å². The number of benzene rings is 2. The molecule has 1 fully saturated rings. The third kappa shape index (κ3) is 5.87. The van der Waals surface area contributed by atoms with Crippen LogP contribution in [0.4, 0.5) is 11.5 Å². The number of fused-ring (bicyclic) bond motifs is 2. The maximum absolute atomic E-state index is 12.1. The molecule has 3 aromatic rings. The van der Waals surface area contributed by atoms with Gasteiger partial charge in [0.2, 0.25) is 5.91 Å². The average molecular weight is 663 g/mol. The lowest BCUT2D eigenvalue weighted by molar-refractivity contribution is -0.126. The predicted molar refractivity (Wildman–Crippen MR) is 163 cm³/mol. The van der Waals surface area contributed by atoms with E-state index in [2.05, 4.69) is 39.2 Å². The van der Waals surface area contributed by atoms with Crippen molar-refractivity contribution in [3.8, 4) is 11.8 Å². The standard InChI is InChI=1S/C28H32ClIN6O3/c1-4-25(38)34-11-13-35(14-12-34)27-21-9-10-36(17-22(21)31-28(32-27)39-18(2)16-33(3)30)23-15-24(37)26(29)20-8-6-5-7-19(20)23/h4-8,15,18,37H,1,9-14,16-17H2,2-3H3/t18-/m1/s1. The molecular weight excluding hydrogens is 631 g/mol. The second-order valence-corrected chi connectivity index (χ2v) is 12.0. The van der Waals surface area contributed by atoms with Gasteiger partial charge in [0.1, 0.15) is 17.7 Å². The summed E-state index contributed by atoms with van der Waals surface area (Å²) < 4.78 is 8.24. The minimum atomic E-state index is -0.100. The normalized spacial score (nSPS) is 16.4. The Balaban J connectivity index is 1.49. The van der Waals surface area contributed by atoms with Gasteiger partial charge in [-0.05, 0) is 26.5 Å². The van der Waals surface area contributed by atoms with E-state index in [1.807, 2.05) is 46.3 Å². The number of piperazine rings is 1. The third-order valence-electron chi connectivity index (χ3n) is 7.18. The lowest BCUT2D eigenvalue weighted by Gasteiger charge is -2.38. The van der Waals surface area contributed by atoms with Gasteiger partial charge in [-0.1, -0.05) is 42.4 Å². The first-order valence-electron chi connectivity index (χ1n) is 13.0. The topological polar surface area (TPSA) is 85.3 Å². The summed E-state index contributed by atoms with van der Waals surface area (Å²) >= 11 is 8.66. The van der Waals surface area contributed by atoms with E-state index in [9.17, 15) is 9.90 Å². The van der Waals surface area contributed by atoms with E-state index in [0.717, 1.165) is 53.0 Å². The number of halogens is 2. The van der Waals surface area contributed by atoms with Crippen molar-refractivity contribution in [2.75, 3.05) is 56.1 Å². The molecule has 1 amide bonds. The smallest absolute Gasteiger partial charge is 0.318 e. The zero-order valence-corrected chi connectivity index (χ0v) is 25.0. The lowest BCUT2D eigenvalue weighted by atomic mass is 10.0. The van der Waals surface area contributed by atoms with E-state index in [4.69, 9.17) is 26.3 Å². The second-order valence-electron chi connectivity index (χ2n) is 9.93. The Labute approximate surface area is 247 Å².